The Labute approximate surface area is 203 Å². The highest BCUT2D eigenvalue weighted by Crippen LogP contribution is 2.29. The number of anilines is 1. The van der Waals surface area contributed by atoms with Crippen molar-refractivity contribution in [2.45, 2.75) is 26.4 Å². The average molecular weight is 480 g/mol. The molecule has 1 atom stereocenters. The number of rotatable bonds is 11. The Morgan fingerprint density at radius 2 is 1.85 bits per heavy atom. The van der Waals surface area contributed by atoms with Gasteiger partial charge in [0.1, 0.15) is 11.8 Å². The van der Waals surface area contributed by atoms with Crippen LogP contribution in [0.15, 0.2) is 66.6 Å². The average Bonchev–Trinajstić information content (AvgIpc) is 3.32. The van der Waals surface area contributed by atoms with Gasteiger partial charge in [-0.15, -0.1) is 17.9 Å². The van der Waals surface area contributed by atoms with Crippen molar-refractivity contribution >= 4 is 28.3 Å². The summed E-state index contributed by atoms with van der Waals surface area (Å²) in [5.41, 5.74) is 3.32. The zero-order chi connectivity index (χ0) is 24.7. The second kappa shape index (κ2) is 11.5. The third kappa shape index (κ3) is 6.23. The van der Waals surface area contributed by atoms with E-state index in [9.17, 15) is 14.7 Å². The number of hydrogen-bond donors (Lipinski definition) is 2. The van der Waals surface area contributed by atoms with Gasteiger partial charge in [0.25, 0.3) is 5.91 Å². The van der Waals surface area contributed by atoms with E-state index >= 15 is 0 Å². The summed E-state index contributed by atoms with van der Waals surface area (Å²) in [6.07, 6.45) is 1.83. The lowest BCUT2D eigenvalue weighted by Crippen LogP contribution is -2.44. The Bertz CT molecular complexity index is 1120. The van der Waals surface area contributed by atoms with Gasteiger partial charge in [-0.1, -0.05) is 32.1 Å². The van der Waals surface area contributed by atoms with Crippen LogP contribution in [-0.2, 0) is 11.3 Å². The number of methoxy groups -OCH3 is 1. The number of carboxylic acid groups (broad SMARTS) is 1. The van der Waals surface area contributed by atoms with E-state index in [0.717, 1.165) is 27.7 Å². The zero-order valence-corrected chi connectivity index (χ0v) is 20.3. The largest absolute Gasteiger partial charge is 0.497 e. The first kappa shape index (κ1) is 25.0. The van der Waals surface area contributed by atoms with Crippen molar-refractivity contribution in [1.82, 2.24) is 10.3 Å². The number of aliphatic carboxylic acids is 1. The standard InChI is InChI=1S/C26H29N3O4S/c1-5-14-29(26-27-22(16-34-26)19-10-12-21(33-4)13-11-19)15-18-6-8-20(9-7-18)24(30)28-23(17(2)3)25(31)32/h5-13,16-17,23H,1,14-15H2,2-4H3,(H,28,30)(H,31,32). The number of benzene rings is 2. The Kier molecular flexibility index (Phi) is 8.43. The van der Waals surface area contributed by atoms with E-state index in [0.29, 0.717) is 18.7 Å². The summed E-state index contributed by atoms with van der Waals surface area (Å²) in [6, 6.07) is 14.0. The van der Waals surface area contributed by atoms with Gasteiger partial charge in [-0.3, -0.25) is 4.79 Å². The highest BCUT2D eigenvalue weighted by molar-refractivity contribution is 7.14. The zero-order valence-electron chi connectivity index (χ0n) is 19.5. The van der Waals surface area contributed by atoms with Gasteiger partial charge < -0.3 is 20.1 Å². The molecule has 0 radical (unpaired) electrons. The number of amides is 1. The molecule has 1 amide bonds. The first-order valence-corrected chi connectivity index (χ1v) is 11.8. The molecule has 7 nitrogen and oxygen atoms in total. The molecular weight excluding hydrogens is 450 g/mol. The summed E-state index contributed by atoms with van der Waals surface area (Å²) in [6.45, 7) is 8.59. The van der Waals surface area contributed by atoms with Crippen molar-refractivity contribution in [1.29, 1.82) is 0 Å². The fraction of sp³-hybridized carbons (Fsp3) is 0.269. The molecule has 178 valence electrons. The predicted octanol–water partition coefficient (Wildman–Crippen LogP) is 4.85. The number of aromatic nitrogens is 1. The minimum atomic E-state index is -1.04. The molecule has 1 aromatic heterocycles. The quantitative estimate of drug-likeness (QED) is 0.382. The molecule has 0 aliphatic carbocycles. The van der Waals surface area contributed by atoms with E-state index in [2.05, 4.69) is 16.8 Å². The Morgan fingerprint density at radius 3 is 2.41 bits per heavy atom. The number of nitrogens with one attached hydrogen (secondary N) is 1. The van der Waals surface area contributed by atoms with Crippen LogP contribution in [0, 0.1) is 5.92 Å². The van der Waals surface area contributed by atoms with Crippen LogP contribution >= 0.6 is 11.3 Å². The first-order valence-electron chi connectivity index (χ1n) is 10.9. The second-order valence-corrected chi connectivity index (χ2v) is 8.98. The molecule has 3 aromatic rings. The molecule has 0 bridgehead atoms. The second-order valence-electron chi connectivity index (χ2n) is 8.14. The molecule has 0 spiro atoms. The lowest BCUT2D eigenvalue weighted by molar-refractivity contribution is -0.140. The third-order valence-electron chi connectivity index (χ3n) is 5.31. The molecule has 2 N–H and O–H groups in total. The SMILES string of the molecule is C=CCN(Cc1ccc(C(=O)NC(C(=O)O)C(C)C)cc1)c1nc(-c2ccc(OC)cc2)cs1. The van der Waals surface area contributed by atoms with Crippen molar-refractivity contribution in [3.8, 4) is 17.0 Å². The number of ether oxygens (including phenoxy) is 1. The van der Waals surface area contributed by atoms with E-state index in [1.54, 1.807) is 44.4 Å². The van der Waals surface area contributed by atoms with Crippen LogP contribution in [0.25, 0.3) is 11.3 Å². The molecule has 34 heavy (non-hydrogen) atoms. The van der Waals surface area contributed by atoms with Crippen LogP contribution in [0.3, 0.4) is 0 Å². The summed E-state index contributed by atoms with van der Waals surface area (Å²) >= 11 is 1.56. The first-order chi connectivity index (χ1) is 16.3. The maximum atomic E-state index is 12.5. The van der Waals surface area contributed by atoms with E-state index in [1.807, 2.05) is 47.9 Å². The number of carboxylic acids is 1. The Hall–Kier alpha value is -3.65. The summed E-state index contributed by atoms with van der Waals surface area (Å²) in [4.78, 5) is 30.8. The lowest BCUT2D eigenvalue weighted by atomic mass is 10.0. The summed E-state index contributed by atoms with van der Waals surface area (Å²) < 4.78 is 5.22. The smallest absolute Gasteiger partial charge is 0.326 e. The molecule has 0 fully saturated rings. The fourth-order valence-electron chi connectivity index (χ4n) is 3.39. The minimum Gasteiger partial charge on any atom is -0.497 e. The fourth-order valence-corrected chi connectivity index (χ4v) is 4.24. The number of carbonyl (C=O) groups is 2. The molecule has 0 aliphatic rings. The molecule has 0 saturated carbocycles. The van der Waals surface area contributed by atoms with Crippen molar-refractivity contribution in [2.75, 3.05) is 18.6 Å². The number of nitrogens with zero attached hydrogens (tertiary/aromatic N) is 2. The van der Waals surface area contributed by atoms with Crippen LogP contribution in [0.1, 0.15) is 29.8 Å². The van der Waals surface area contributed by atoms with E-state index in [1.165, 1.54) is 0 Å². The summed E-state index contributed by atoms with van der Waals surface area (Å²) in [7, 11) is 1.64. The molecular formula is C26H29N3O4S. The normalized spacial score (nSPS) is 11.6. The summed E-state index contributed by atoms with van der Waals surface area (Å²) in [5.74, 6) is -0.862. The van der Waals surface area contributed by atoms with Crippen molar-refractivity contribution in [3.63, 3.8) is 0 Å². The maximum absolute atomic E-state index is 12.5. The van der Waals surface area contributed by atoms with E-state index in [4.69, 9.17) is 9.72 Å². The highest BCUT2D eigenvalue weighted by Gasteiger charge is 2.24. The molecule has 1 unspecified atom stereocenters. The number of hydrogen-bond acceptors (Lipinski definition) is 6. The monoisotopic (exact) mass is 479 g/mol. The topological polar surface area (TPSA) is 91.8 Å². The van der Waals surface area contributed by atoms with E-state index in [-0.39, 0.29) is 5.92 Å². The van der Waals surface area contributed by atoms with Gasteiger partial charge in [0.05, 0.1) is 12.8 Å². The van der Waals surface area contributed by atoms with Crippen LogP contribution in [0.2, 0.25) is 0 Å². The van der Waals surface area contributed by atoms with Gasteiger partial charge in [-0.2, -0.15) is 0 Å². The van der Waals surface area contributed by atoms with Gasteiger partial charge >= 0.3 is 5.97 Å². The van der Waals surface area contributed by atoms with Gasteiger partial charge in [0, 0.05) is 29.6 Å². The van der Waals surface area contributed by atoms with Crippen molar-refractivity contribution < 1.29 is 19.4 Å². The Balaban J connectivity index is 1.71. The summed E-state index contributed by atoms with van der Waals surface area (Å²) in [5, 5.41) is 14.8. The molecule has 1 heterocycles. The molecule has 8 heteroatoms. The van der Waals surface area contributed by atoms with Crippen molar-refractivity contribution in [2.24, 2.45) is 5.92 Å². The lowest BCUT2D eigenvalue weighted by Gasteiger charge is -2.20. The van der Waals surface area contributed by atoms with Gasteiger partial charge in [0.15, 0.2) is 5.13 Å². The maximum Gasteiger partial charge on any atom is 0.326 e. The minimum absolute atomic E-state index is 0.214. The predicted molar refractivity (Wildman–Crippen MR) is 136 cm³/mol. The molecule has 3 rings (SSSR count). The highest BCUT2D eigenvalue weighted by atomic mass is 32.1. The third-order valence-corrected chi connectivity index (χ3v) is 6.21. The van der Waals surface area contributed by atoms with Crippen LogP contribution in [-0.4, -0.2) is 41.7 Å². The van der Waals surface area contributed by atoms with Crippen LogP contribution in [0.4, 0.5) is 5.13 Å². The van der Waals surface area contributed by atoms with Gasteiger partial charge in [-0.25, -0.2) is 9.78 Å². The number of carbonyl (C=O) groups excluding carboxylic acids is 1. The Morgan fingerprint density at radius 1 is 1.18 bits per heavy atom. The molecule has 0 saturated heterocycles. The number of thiazole rings is 1. The van der Waals surface area contributed by atoms with Crippen LogP contribution < -0.4 is 15.0 Å². The van der Waals surface area contributed by atoms with Gasteiger partial charge in [0.2, 0.25) is 0 Å². The molecule has 2 aromatic carbocycles. The molecule has 0 aliphatic heterocycles. The van der Waals surface area contributed by atoms with E-state index < -0.39 is 17.9 Å². The van der Waals surface area contributed by atoms with Gasteiger partial charge in [-0.05, 0) is 47.9 Å². The van der Waals surface area contributed by atoms with Crippen LogP contribution in [0.5, 0.6) is 5.75 Å². The van der Waals surface area contributed by atoms with Crippen molar-refractivity contribution in [3.05, 3.63) is 77.7 Å².